The van der Waals surface area contributed by atoms with Crippen molar-refractivity contribution in [3.63, 3.8) is 0 Å². The summed E-state index contributed by atoms with van der Waals surface area (Å²) in [6.45, 7) is 12.0. The molecule has 0 fully saturated rings. The molecule has 1 nitrogen and oxygen atoms in total. The van der Waals surface area contributed by atoms with E-state index in [9.17, 15) is 0 Å². The van der Waals surface area contributed by atoms with Crippen LogP contribution >= 0.6 is 0 Å². The lowest BCUT2D eigenvalue weighted by Gasteiger charge is -2.05. The fourth-order valence-electron chi connectivity index (χ4n) is 0.568. The van der Waals surface area contributed by atoms with E-state index in [1.165, 1.54) is 25.8 Å². The van der Waals surface area contributed by atoms with Gasteiger partial charge in [-0.05, 0) is 13.0 Å². The van der Waals surface area contributed by atoms with Crippen molar-refractivity contribution < 1.29 is 1.43 Å². The predicted molar refractivity (Wildman–Crippen MR) is 56.1 cm³/mol. The molecule has 0 unspecified atom stereocenters. The average Bonchev–Trinajstić information content (AvgIpc) is 1.89. The van der Waals surface area contributed by atoms with Crippen LogP contribution in [-0.2, 0) is 0 Å². The first kappa shape index (κ1) is 13.5. The number of hydrogen-bond donors (Lipinski definition) is 1. The Morgan fingerprint density at radius 3 is 1.91 bits per heavy atom. The maximum atomic E-state index is 3.35. The van der Waals surface area contributed by atoms with E-state index >= 15 is 0 Å². The van der Waals surface area contributed by atoms with Crippen LogP contribution in [0.25, 0.3) is 0 Å². The molecule has 0 aromatic carbocycles. The van der Waals surface area contributed by atoms with E-state index in [0.717, 1.165) is 0 Å². The fourth-order valence-corrected chi connectivity index (χ4v) is 0.568. The van der Waals surface area contributed by atoms with Crippen LogP contribution in [0.1, 0.15) is 55.3 Å². The summed E-state index contributed by atoms with van der Waals surface area (Å²) in [7, 11) is 0. The van der Waals surface area contributed by atoms with Crippen molar-refractivity contribution in [3.8, 4) is 0 Å². The zero-order valence-corrected chi connectivity index (χ0v) is 8.91. The summed E-state index contributed by atoms with van der Waals surface area (Å²) in [6.07, 6.45) is 3.85. The molecular weight excluding hydrogens is 134 g/mol. The highest BCUT2D eigenvalue weighted by Crippen LogP contribution is 1.83. The van der Waals surface area contributed by atoms with E-state index in [2.05, 4.69) is 39.9 Å². The van der Waals surface area contributed by atoms with Gasteiger partial charge in [-0.3, -0.25) is 0 Å². The van der Waals surface area contributed by atoms with E-state index in [1.54, 1.807) is 0 Å². The quantitative estimate of drug-likeness (QED) is 0.623. The van der Waals surface area contributed by atoms with E-state index < -0.39 is 0 Å². The van der Waals surface area contributed by atoms with Gasteiger partial charge in [0.15, 0.2) is 0 Å². The molecule has 0 radical (unpaired) electrons. The Hall–Kier alpha value is -0.0400. The summed E-state index contributed by atoms with van der Waals surface area (Å²) < 4.78 is 0. The van der Waals surface area contributed by atoms with E-state index in [1.807, 2.05) is 0 Å². The third-order valence-corrected chi connectivity index (χ3v) is 1.08. The van der Waals surface area contributed by atoms with Crippen molar-refractivity contribution in [3.05, 3.63) is 0 Å². The van der Waals surface area contributed by atoms with Crippen LogP contribution in [0.5, 0.6) is 0 Å². The Morgan fingerprint density at radius 2 is 1.64 bits per heavy atom. The van der Waals surface area contributed by atoms with Crippen molar-refractivity contribution in [2.45, 2.75) is 59.9 Å². The molecule has 11 heavy (non-hydrogen) atoms. The fraction of sp³-hybridized carbons (Fsp3) is 1.00. The number of hydrogen-bond acceptors (Lipinski definition) is 1. The second-order valence-electron chi connectivity index (χ2n) is 3.17. The molecule has 1 N–H and O–H groups in total. The van der Waals surface area contributed by atoms with Gasteiger partial charge in [0.2, 0.25) is 0 Å². The molecule has 0 aromatic rings. The largest absolute Gasteiger partial charge is 0.315 e. The standard InChI is InChI=1S/C7H17N.C3H8.H2/c1-4-5-6-8-7(2)3;1-3-2;/h7-8H,4-6H2,1-3H3;3H2,1-2H3;1H. The van der Waals surface area contributed by atoms with Crippen LogP contribution in [0.15, 0.2) is 0 Å². The third kappa shape index (κ3) is 25.7. The molecule has 0 atom stereocenters. The lowest BCUT2D eigenvalue weighted by atomic mass is 10.3. The molecule has 0 saturated heterocycles. The Morgan fingerprint density at radius 1 is 1.18 bits per heavy atom. The van der Waals surface area contributed by atoms with Crippen molar-refractivity contribution in [1.29, 1.82) is 0 Å². The first-order valence-electron chi connectivity index (χ1n) is 4.92. The lowest BCUT2D eigenvalue weighted by Crippen LogP contribution is -2.23. The van der Waals surface area contributed by atoms with Gasteiger partial charge in [-0.15, -0.1) is 0 Å². The summed E-state index contributed by atoms with van der Waals surface area (Å²) >= 11 is 0. The minimum atomic E-state index is 0. The SMILES string of the molecule is CCC.CCCCNC(C)C.[HH]. The van der Waals surface area contributed by atoms with Crippen LogP contribution in [0.2, 0.25) is 0 Å². The van der Waals surface area contributed by atoms with Crippen LogP contribution in [0.4, 0.5) is 0 Å². The summed E-state index contributed by atoms with van der Waals surface area (Å²) in [5.74, 6) is 0. The molecule has 0 spiro atoms. The van der Waals surface area contributed by atoms with Gasteiger partial charge in [0.25, 0.3) is 0 Å². The van der Waals surface area contributed by atoms with Gasteiger partial charge in [0.05, 0.1) is 0 Å². The third-order valence-electron chi connectivity index (χ3n) is 1.08. The smallest absolute Gasteiger partial charge is 0.00103 e. The number of rotatable bonds is 4. The van der Waals surface area contributed by atoms with Gasteiger partial charge in [-0.2, -0.15) is 0 Å². The van der Waals surface area contributed by atoms with Crippen molar-refractivity contribution in [2.75, 3.05) is 6.54 Å². The van der Waals surface area contributed by atoms with Crippen molar-refractivity contribution >= 4 is 0 Å². The highest BCUT2D eigenvalue weighted by Gasteiger charge is 1.87. The van der Waals surface area contributed by atoms with E-state index in [-0.39, 0.29) is 1.43 Å². The average molecular weight is 161 g/mol. The Labute approximate surface area is 74.1 Å². The lowest BCUT2D eigenvalue weighted by molar-refractivity contribution is 0.566. The second kappa shape index (κ2) is 12.6. The van der Waals surface area contributed by atoms with Gasteiger partial charge < -0.3 is 5.32 Å². The number of unbranched alkanes of at least 4 members (excludes halogenated alkanes) is 1. The van der Waals surface area contributed by atoms with Crippen LogP contribution < -0.4 is 5.32 Å². The van der Waals surface area contributed by atoms with Gasteiger partial charge in [-0.1, -0.05) is 47.5 Å². The molecule has 1 heteroatoms. The van der Waals surface area contributed by atoms with Crippen LogP contribution in [0, 0.1) is 0 Å². The highest BCUT2D eigenvalue weighted by atomic mass is 14.9. The first-order chi connectivity index (χ1) is 5.18. The van der Waals surface area contributed by atoms with Crippen LogP contribution in [-0.4, -0.2) is 12.6 Å². The summed E-state index contributed by atoms with van der Waals surface area (Å²) in [5, 5.41) is 3.35. The molecule has 0 aromatic heterocycles. The van der Waals surface area contributed by atoms with Crippen molar-refractivity contribution in [2.24, 2.45) is 0 Å². The molecule has 0 heterocycles. The molecule has 0 aliphatic rings. The monoisotopic (exact) mass is 161 g/mol. The normalized spacial score (nSPS) is 9.27. The molecule has 0 saturated carbocycles. The second-order valence-corrected chi connectivity index (χ2v) is 3.17. The molecule has 0 amide bonds. The van der Waals surface area contributed by atoms with Gasteiger partial charge in [0, 0.05) is 7.47 Å². The minimum absolute atomic E-state index is 0. The first-order valence-corrected chi connectivity index (χ1v) is 4.92. The maximum absolute atomic E-state index is 3.35. The van der Waals surface area contributed by atoms with E-state index in [4.69, 9.17) is 0 Å². The maximum Gasteiger partial charge on any atom is 0.00103 e. The van der Waals surface area contributed by atoms with Gasteiger partial charge in [-0.25, -0.2) is 0 Å². The molecule has 0 aliphatic carbocycles. The number of nitrogens with one attached hydrogen (secondary N) is 1. The molecular formula is C10H27N. The van der Waals surface area contributed by atoms with Gasteiger partial charge in [0.1, 0.15) is 0 Å². The molecule has 0 aliphatic heterocycles. The Balaban J connectivity index is -0.000000177. The molecule has 0 bridgehead atoms. The van der Waals surface area contributed by atoms with E-state index in [0.29, 0.717) is 6.04 Å². The molecule has 72 valence electrons. The van der Waals surface area contributed by atoms with Gasteiger partial charge >= 0.3 is 0 Å². The molecule has 0 rings (SSSR count). The summed E-state index contributed by atoms with van der Waals surface area (Å²) in [5.41, 5.74) is 0. The summed E-state index contributed by atoms with van der Waals surface area (Å²) in [6, 6.07) is 0.654. The minimum Gasteiger partial charge on any atom is -0.315 e. The highest BCUT2D eigenvalue weighted by molar-refractivity contribution is 4.50. The summed E-state index contributed by atoms with van der Waals surface area (Å²) in [4.78, 5) is 0. The topological polar surface area (TPSA) is 12.0 Å². The zero-order chi connectivity index (χ0) is 9.11. The zero-order valence-electron chi connectivity index (χ0n) is 8.91. The predicted octanol–water partition coefficient (Wildman–Crippen LogP) is 3.45. The Kier molecular flexibility index (Phi) is 15.5. The van der Waals surface area contributed by atoms with Crippen molar-refractivity contribution in [1.82, 2.24) is 5.32 Å². The Bertz CT molecular complexity index is 55.8. The van der Waals surface area contributed by atoms with Crippen LogP contribution in [0.3, 0.4) is 0 Å².